The lowest BCUT2D eigenvalue weighted by Gasteiger charge is -2.09. The van der Waals surface area contributed by atoms with Crippen LogP contribution in [0.15, 0.2) is 36.5 Å². The second-order valence-electron chi connectivity index (χ2n) is 5.19. The van der Waals surface area contributed by atoms with E-state index < -0.39 is 5.97 Å². The second-order valence-corrected chi connectivity index (χ2v) is 5.19. The summed E-state index contributed by atoms with van der Waals surface area (Å²) >= 11 is 0. The van der Waals surface area contributed by atoms with Crippen LogP contribution in [-0.2, 0) is 6.54 Å². The quantitative estimate of drug-likeness (QED) is 0.554. The Kier molecular flexibility index (Phi) is 3.42. The molecule has 0 radical (unpaired) electrons. The van der Waals surface area contributed by atoms with E-state index >= 15 is 0 Å². The third kappa shape index (κ3) is 2.71. The number of aromatic amines is 1. The second kappa shape index (κ2) is 5.40. The third-order valence-electron chi connectivity index (χ3n) is 3.56. The lowest BCUT2D eigenvalue weighted by molar-refractivity contribution is 0.0691. The summed E-state index contributed by atoms with van der Waals surface area (Å²) in [6.07, 6.45) is 1.67. The van der Waals surface area contributed by atoms with Crippen LogP contribution in [-0.4, -0.2) is 21.0 Å². The van der Waals surface area contributed by atoms with Gasteiger partial charge in [-0.25, -0.2) is 9.78 Å². The van der Waals surface area contributed by atoms with Gasteiger partial charge in [-0.15, -0.1) is 0 Å². The standard InChI is InChI=1S/C16H16N4O2/c1-9-2-3-12(17)4-11(9)7-18-13-5-10-6-14(16(21)22)20-15(10)19-8-13/h2-6,8,18H,7,17H2,1H3,(H,19,20)(H,21,22). The van der Waals surface area contributed by atoms with Gasteiger partial charge < -0.3 is 21.1 Å². The number of nitrogens with one attached hydrogen (secondary N) is 2. The minimum Gasteiger partial charge on any atom is -0.477 e. The van der Waals surface area contributed by atoms with Crippen LogP contribution in [0.3, 0.4) is 0 Å². The van der Waals surface area contributed by atoms with Crippen LogP contribution >= 0.6 is 0 Å². The van der Waals surface area contributed by atoms with Crippen molar-refractivity contribution in [3.63, 3.8) is 0 Å². The summed E-state index contributed by atoms with van der Waals surface area (Å²) in [5.74, 6) is -0.997. The fourth-order valence-corrected chi connectivity index (χ4v) is 2.31. The Bertz CT molecular complexity index is 854. The van der Waals surface area contributed by atoms with Crippen molar-refractivity contribution >= 4 is 28.4 Å². The van der Waals surface area contributed by atoms with Gasteiger partial charge in [-0.2, -0.15) is 0 Å². The summed E-state index contributed by atoms with van der Waals surface area (Å²) in [6, 6.07) is 9.24. The molecule has 0 atom stereocenters. The Morgan fingerprint density at radius 3 is 2.95 bits per heavy atom. The van der Waals surface area contributed by atoms with Crippen molar-refractivity contribution in [1.29, 1.82) is 0 Å². The fourth-order valence-electron chi connectivity index (χ4n) is 2.31. The summed E-state index contributed by atoms with van der Waals surface area (Å²) in [7, 11) is 0. The molecule has 0 amide bonds. The Hall–Kier alpha value is -3.02. The highest BCUT2D eigenvalue weighted by atomic mass is 16.4. The first-order chi connectivity index (χ1) is 10.5. The average molecular weight is 296 g/mol. The van der Waals surface area contributed by atoms with Crippen LogP contribution in [0.4, 0.5) is 11.4 Å². The van der Waals surface area contributed by atoms with E-state index in [4.69, 9.17) is 10.8 Å². The molecule has 0 aliphatic heterocycles. The van der Waals surface area contributed by atoms with Crippen LogP contribution in [0.1, 0.15) is 21.6 Å². The zero-order chi connectivity index (χ0) is 15.7. The van der Waals surface area contributed by atoms with E-state index in [1.54, 1.807) is 12.3 Å². The van der Waals surface area contributed by atoms with Gasteiger partial charge in [0, 0.05) is 17.6 Å². The molecule has 0 saturated carbocycles. The SMILES string of the molecule is Cc1ccc(N)cc1CNc1cnc2[nH]c(C(=O)O)cc2c1. The fraction of sp³-hybridized carbons (Fsp3) is 0.125. The number of hydrogen-bond acceptors (Lipinski definition) is 4. The number of carboxylic acids is 1. The highest BCUT2D eigenvalue weighted by Gasteiger charge is 2.08. The van der Waals surface area contributed by atoms with E-state index in [1.807, 2.05) is 31.2 Å². The summed E-state index contributed by atoms with van der Waals surface area (Å²) in [5, 5.41) is 13.0. The smallest absolute Gasteiger partial charge is 0.352 e. The molecular formula is C16H16N4O2. The van der Waals surface area contributed by atoms with E-state index in [9.17, 15) is 4.79 Å². The maximum Gasteiger partial charge on any atom is 0.352 e. The van der Waals surface area contributed by atoms with E-state index in [0.29, 0.717) is 12.2 Å². The van der Waals surface area contributed by atoms with Crippen LogP contribution < -0.4 is 11.1 Å². The predicted molar refractivity (Wildman–Crippen MR) is 86.0 cm³/mol. The minimum absolute atomic E-state index is 0.131. The van der Waals surface area contributed by atoms with Crippen molar-refractivity contribution in [2.24, 2.45) is 0 Å². The Morgan fingerprint density at radius 1 is 1.36 bits per heavy atom. The summed E-state index contributed by atoms with van der Waals surface area (Å²) < 4.78 is 0. The summed E-state index contributed by atoms with van der Waals surface area (Å²) in [5.41, 5.74) is 10.3. The molecule has 112 valence electrons. The van der Waals surface area contributed by atoms with Crippen molar-refractivity contribution in [3.8, 4) is 0 Å². The molecule has 6 heteroatoms. The van der Waals surface area contributed by atoms with Gasteiger partial charge in [0.1, 0.15) is 11.3 Å². The molecule has 0 saturated heterocycles. The summed E-state index contributed by atoms with van der Waals surface area (Å²) in [6.45, 7) is 2.66. The van der Waals surface area contributed by atoms with E-state index in [1.165, 1.54) is 0 Å². The van der Waals surface area contributed by atoms with Crippen molar-refractivity contribution in [2.45, 2.75) is 13.5 Å². The molecule has 22 heavy (non-hydrogen) atoms. The topological polar surface area (TPSA) is 104 Å². The van der Waals surface area contributed by atoms with E-state index in [0.717, 1.165) is 27.9 Å². The zero-order valence-electron chi connectivity index (χ0n) is 12.1. The van der Waals surface area contributed by atoms with Gasteiger partial charge in [0.2, 0.25) is 0 Å². The maximum atomic E-state index is 10.9. The molecule has 0 bridgehead atoms. The summed E-state index contributed by atoms with van der Waals surface area (Å²) in [4.78, 5) is 17.9. The number of aromatic carboxylic acids is 1. The van der Waals surface area contributed by atoms with Gasteiger partial charge in [-0.1, -0.05) is 6.07 Å². The Balaban J connectivity index is 1.82. The number of carboxylic acid groups (broad SMARTS) is 1. The van der Waals surface area contributed by atoms with Gasteiger partial charge in [0.05, 0.1) is 11.9 Å². The van der Waals surface area contributed by atoms with Crippen molar-refractivity contribution in [3.05, 3.63) is 53.3 Å². The molecule has 0 spiro atoms. The monoisotopic (exact) mass is 296 g/mol. The van der Waals surface area contributed by atoms with Gasteiger partial charge in [0.25, 0.3) is 0 Å². The molecule has 5 N–H and O–H groups in total. The number of H-pyrrole nitrogens is 1. The molecule has 6 nitrogen and oxygen atoms in total. The number of nitrogens with zero attached hydrogens (tertiary/aromatic N) is 1. The Morgan fingerprint density at radius 2 is 2.18 bits per heavy atom. The zero-order valence-corrected chi connectivity index (χ0v) is 12.1. The lowest BCUT2D eigenvalue weighted by atomic mass is 10.1. The molecule has 3 aromatic rings. The number of aryl methyl sites for hydroxylation is 1. The molecule has 0 aliphatic rings. The number of benzene rings is 1. The molecular weight excluding hydrogens is 280 g/mol. The van der Waals surface area contributed by atoms with Crippen molar-refractivity contribution in [2.75, 3.05) is 11.1 Å². The average Bonchev–Trinajstić information content (AvgIpc) is 2.91. The largest absolute Gasteiger partial charge is 0.477 e. The molecule has 0 aliphatic carbocycles. The molecule has 0 fully saturated rings. The number of rotatable bonds is 4. The van der Waals surface area contributed by atoms with Crippen molar-refractivity contribution in [1.82, 2.24) is 9.97 Å². The molecule has 1 aromatic carbocycles. The first-order valence-corrected chi connectivity index (χ1v) is 6.84. The van der Waals surface area contributed by atoms with Gasteiger partial charge in [-0.05, 0) is 42.3 Å². The first kappa shape index (κ1) is 13.9. The highest BCUT2D eigenvalue weighted by Crippen LogP contribution is 2.19. The van der Waals surface area contributed by atoms with E-state index in [2.05, 4.69) is 15.3 Å². The number of nitrogen functional groups attached to an aromatic ring is 1. The normalized spacial score (nSPS) is 10.8. The van der Waals surface area contributed by atoms with Gasteiger partial charge in [0.15, 0.2) is 0 Å². The first-order valence-electron chi connectivity index (χ1n) is 6.84. The number of fused-ring (bicyclic) bond motifs is 1. The minimum atomic E-state index is -0.997. The Labute approximate surface area is 127 Å². The number of nitrogens with two attached hydrogens (primary N) is 1. The van der Waals surface area contributed by atoms with Crippen LogP contribution in [0.25, 0.3) is 11.0 Å². The predicted octanol–water partition coefficient (Wildman–Crippen LogP) is 2.76. The highest BCUT2D eigenvalue weighted by molar-refractivity contribution is 5.93. The van der Waals surface area contributed by atoms with Crippen LogP contribution in [0.2, 0.25) is 0 Å². The number of anilines is 2. The maximum absolute atomic E-state index is 10.9. The van der Waals surface area contributed by atoms with Crippen LogP contribution in [0, 0.1) is 6.92 Å². The van der Waals surface area contributed by atoms with E-state index in [-0.39, 0.29) is 5.69 Å². The molecule has 2 heterocycles. The number of aromatic nitrogens is 2. The number of carbonyl (C=O) groups is 1. The van der Waals surface area contributed by atoms with Gasteiger partial charge in [-0.3, -0.25) is 0 Å². The molecule has 3 rings (SSSR count). The van der Waals surface area contributed by atoms with Crippen LogP contribution in [0.5, 0.6) is 0 Å². The number of pyridine rings is 1. The molecule has 0 unspecified atom stereocenters. The van der Waals surface area contributed by atoms with Gasteiger partial charge >= 0.3 is 5.97 Å². The lowest BCUT2D eigenvalue weighted by Crippen LogP contribution is -2.02. The van der Waals surface area contributed by atoms with Crippen molar-refractivity contribution < 1.29 is 9.90 Å². The third-order valence-corrected chi connectivity index (χ3v) is 3.56. The number of hydrogen-bond donors (Lipinski definition) is 4. The molecule has 2 aromatic heterocycles.